The average molecular weight is 400 g/mol. The van der Waals surface area contributed by atoms with Crippen LogP contribution in [0.2, 0.25) is 0 Å². The van der Waals surface area contributed by atoms with Gasteiger partial charge in [-0.1, -0.05) is 44.2 Å². The number of hydrogen-bond donors (Lipinski definition) is 1. The van der Waals surface area contributed by atoms with Crippen LogP contribution in [0.1, 0.15) is 70.3 Å². The number of imidazole rings is 1. The molecule has 1 aromatic carbocycles. The topological polar surface area (TPSA) is 50.4 Å². The van der Waals surface area contributed by atoms with Crippen molar-refractivity contribution < 1.29 is 5.11 Å². The Morgan fingerprint density at radius 1 is 0.897 bits per heavy atom. The lowest BCUT2D eigenvalue weighted by atomic mass is 9.90. The molecule has 5 heteroatoms. The predicted molar refractivity (Wildman–Crippen MR) is 118 cm³/mol. The number of hydrogen-bond acceptors (Lipinski definition) is 3. The lowest BCUT2D eigenvalue weighted by Gasteiger charge is -2.35. The van der Waals surface area contributed by atoms with Gasteiger partial charge < -0.3 is 10.0 Å². The quantitative estimate of drug-likeness (QED) is 0.793. The first-order valence-electron chi connectivity index (χ1n) is 11.8. The van der Waals surface area contributed by atoms with Gasteiger partial charge in [-0.2, -0.15) is 0 Å². The zero-order valence-corrected chi connectivity index (χ0v) is 17.8. The van der Waals surface area contributed by atoms with Crippen molar-refractivity contribution in [2.45, 2.75) is 76.8 Å². The molecule has 0 amide bonds. The fourth-order valence-electron chi connectivity index (χ4n) is 5.48. The van der Waals surface area contributed by atoms with Crippen LogP contribution < -0.4 is 5.69 Å². The Morgan fingerprint density at radius 2 is 1.55 bits per heavy atom. The second kappa shape index (κ2) is 9.94. The van der Waals surface area contributed by atoms with Gasteiger partial charge in [0.2, 0.25) is 0 Å². The summed E-state index contributed by atoms with van der Waals surface area (Å²) >= 11 is 0. The van der Waals surface area contributed by atoms with Gasteiger partial charge >= 0.3 is 5.69 Å². The molecule has 0 radical (unpaired) electrons. The van der Waals surface area contributed by atoms with Gasteiger partial charge in [-0.25, -0.2) is 4.79 Å². The molecule has 1 N–H and O–H groups in total. The molecule has 1 aliphatic carbocycles. The van der Waals surface area contributed by atoms with E-state index in [0.717, 1.165) is 42.9 Å². The first kappa shape index (κ1) is 20.7. The number of aromatic nitrogens is 2. The Bertz CT molecular complexity index is 824. The van der Waals surface area contributed by atoms with Crippen LogP contribution in [0.5, 0.6) is 0 Å². The standard InChI is InChI=1S/C24H37N3O2/c28-18-8-15-26-22-11-6-7-12-23(22)27(24(26)29)21-13-16-25(17-14-21)19-20-9-4-2-1-3-5-10-20/h6-7,11-12,20-21,28H,1-5,8-10,13-19H2. The zero-order valence-electron chi connectivity index (χ0n) is 17.8. The van der Waals surface area contributed by atoms with Gasteiger partial charge in [0.15, 0.2) is 0 Å². The van der Waals surface area contributed by atoms with Crippen LogP contribution in [0.3, 0.4) is 0 Å². The summed E-state index contributed by atoms with van der Waals surface area (Å²) < 4.78 is 3.90. The highest BCUT2D eigenvalue weighted by atomic mass is 16.3. The van der Waals surface area contributed by atoms with Crippen LogP contribution in [0, 0.1) is 5.92 Å². The summed E-state index contributed by atoms with van der Waals surface area (Å²) in [6.45, 7) is 4.16. The van der Waals surface area contributed by atoms with Crippen LogP contribution in [0.4, 0.5) is 0 Å². The summed E-state index contributed by atoms with van der Waals surface area (Å²) in [6.07, 6.45) is 12.6. The van der Waals surface area contributed by atoms with E-state index in [1.165, 1.54) is 51.5 Å². The summed E-state index contributed by atoms with van der Waals surface area (Å²) in [7, 11) is 0. The number of aliphatic hydroxyl groups excluding tert-OH is 1. The molecule has 29 heavy (non-hydrogen) atoms. The molecule has 5 nitrogen and oxygen atoms in total. The number of para-hydroxylation sites is 2. The molecule has 2 aliphatic rings. The second-order valence-corrected chi connectivity index (χ2v) is 9.11. The number of fused-ring (bicyclic) bond motifs is 1. The van der Waals surface area contributed by atoms with Crippen molar-refractivity contribution in [3.8, 4) is 0 Å². The maximum absolute atomic E-state index is 13.2. The number of nitrogens with zero attached hydrogens (tertiary/aromatic N) is 3. The first-order chi connectivity index (χ1) is 14.3. The minimum atomic E-state index is 0.0955. The van der Waals surface area contributed by atoms with Gasteiger partial charge in [-0.15, -0.1) is 0 Å². The molecular formula is C24H37N3O2. The minimum absolute atomic E-state index is 0.0955. The summed E-state index contributed by atoms with van der Waals surface area (Å²) in [5, 5.41) is 9.22. The largest absolute Gasteiger partial charge is 0.396 e. The van der Waals surface area contributed by atoms with Crippen molar-refractivity contribution in [2.75, 3.05) is 26.2 Å². The molecule has 0 unspecified atom stereocenters. The average Bonchev–Trinajstić information content (AvgIpc) is 3.00. The number of likely N-dealkylation sites (tertiary alicyclic amines) is 1. The van der Waals surface area contributed by atoms with E-state index in [1.54, 1.807) is 0 Å². The van der Waals surface area contributed by atoms with Crippen molar-refractivity contribution in [2.24, 2.45) is 5.92 Å². The molecule has 1 aliphatic heterocycles. The summed E-state index contributed by atoms with van der Waals surface area (Å²) in [5.74, 6) is 0.870. The Balaban J connectivity index is 1.44. The third kappa shape index (κ3) is 4.77. The molecule has 1 saturated carbocycles. The maximum Gasteiger partial charge on any atom is 0.329 e. The lowest BCUT2D eigenvalue weighted by Crippen LogP contribution is -2.40. The molecule has 2 fully saturated rings. The van der Waals surface area contributed by atoms with Gasteiger partial charge in [0.1, 0.15) is 0 Å². The Morgan fingerprint density at radius 3 is 2.24 bits per heavy atom. The minimum Gasteiger partial charge on any atom is -0.396 e. The predicted octanol–water partition coefficient (Wildman–Crippen LogP) is 4.18. The van der Waals surface area contributed by atoms with Crippen molar-refractivity contribution in [3.63, 3.8) is 0 Å². The van der Waals surface area contributed by atoms with Gasteiger partial charge in [0.05, 0.1) is 11.0 Å². The van der Waals surface area contributed by atoms with Crippen molar-refractivity contribution in [1.82, 2.24) is 14.0 Å². The molecule has 4 rings (SSSR count). The first-order valence-corrected chi connectivity index (χ1v) is 11.8. The second-order valence-electron chi connectivity index (χ2n) is 9.11. The molecule has 2 heterocycles. The van der Waals surface area contributed by atoms with Gasteiger partial charge in [0, 0.05) is 38.8 Å². The highest BCUT2D eigenvalue weighted by Gasteiger charge is 2.26. The van der Waals surface area contributed by atoms with Crippen LogP contribution in [-0.2, 0) is 6.54 Å². The Kier molecular flexibility index (Phi) is 7.09. The number of aryl methyl sites for hydroxylation is 1. The van der Waals surface area contributed by atoms with Crippen LogP contribution >= 0.6 is 0 Å². The van der Waals surface area contributed by atoms with E-state index in [-0.39, 0.29) is 18.3 Å². The smallest absolute Gasteiger partial charge is 0.329 e. The highest BCUT2D eigenvalue weighted by molar-refractivity contribution is 5.76. The molecule has 1 aromatic heterocycles. The summed E-state index contributed by atoms with van der Waals surface area (Å²) in [6, 6.07) is 8.43. The molecule has 0 bridgehead atoms. The fourth-order valence-corrected chi connectivity index (χ4v) is 5.48. The van der Waals surface area contributed by atoms with E-state index in [2.05, 4.69) is 11.0 Å². The van der Waals surface area contributed by atoms with Gasteiger partial charge in [0.25, 0.3) is 0 Å². The number of piperidine rings is 1. The van der Waals surface area contributed by atoms with E-state index in [0.29, 0.717) is 13.0 Å². The van der Waals surface area contributed by atoms with E-state index in [1.807, 2.05) is 27.3 Å². The Labute approximate surface area is 174 Å². The van der Waals surface area contributed by atoms with E-state index < -0.39 is 0 Å². The third-order valence-corrected chi connectivity index (χ3v) is 7.07. The van der Waals surface area contributed by atoms with Crippen LogP contribution in [-0.4, -0.2) is 45.4 Å². The molecule has 2 aromatic rings. The molecule has 1 saturated heterocycles. The third-order valence-electron chi connectivity index (χ3n) is 7.07. The van der Waals surface area contributed by atoms with Gasteiger partial charge in [-0.05, 0) is 50.2 Å². The van der Waals surface area contributed by atoms with Crippen LogP contribution in [0.15, 0.2) is 29.1 Å². The zero-order chi connectivity index (χ0) is 20.1. The lowest BCUT2D eigenvalue weighted by molar-refractivity contribution is 0.151. The maximum atomic E-state index is 13.2. The van der Waals surface area contributed by atoms with Gasteiger partial charge in [-0.3, -0.25) is 9.13 Å². The molecular weight excluding hydrogens is 362 g/mol. The molecule has 0 spiro atoms. The molecule has 0 atom stereocenters. The van der Waals surface area contributed by atoms with E-state index in [4.69, 9.17) is 0 Å². The highest BCUT2D eigenvalue weighted by Crippen LogP contribution is 2.28. The van der Waals surface area contributed by atoms with E-state index >= 15 is 0 Å². The normalized spacial score (nSPS) is 20.7. The SMILES string of the molecule is O=c1n(CCCO)c2ccccc2n1C1CCN(CC2CCCCCCC2)CC1. The number of rotatable bonds is 6. The van der Waals surface area contributed by atoms with E-state index in [9.17, 15) is 9.90 Å². The van der Waals surface area contributed by atoms with Crippen molar-refractivity contribution in [3.05, 3.63) is 34.7 Å². The monoisotopic (exact) mass is 399 g/mol. The van der Waals surface area contributed by atoms with Crippen molar-refractivity contribution >= 4 is 11.0 Å². The Hall–Kier alpha value is -1.59. The number of benzene rings is 1. The molecule has 160 valence electrons. The fraction of sp³-hybridized carbons (Fsp3) is 0.708. The summed E-state index contributed by atoms with van der Waals surface area (Å²) in [4.78, 5) is 15.8. The number of aliphatic hydroxyl groups is 1. The van der Waals surface area contributed by atoms with Crippen LogP contribution in [0.25, 0.3) is 11.0 Å². The summed E-state index contributed by atoms with van der Waals surface area (Å²) in [5.41, 5.74) is 2.15. The van der Waals surface area contributed by atoms with Crippen molar-refractivity contribution in [1.29, 1.82) is 0 Å².